The van der Waals surface area contributed by atoms with Gasteiger partial charge >= 0.3 is 0 Å². The molecule has 1 aromatic heterocycles. The van der Waals surface area contributed by atoms with E-state index in [-0.39, 0.29) is 0 Å². The lowest BCUT2D eigenvalue weighted by Crippen LogP contribution is -2.01. The minimum atomic E-state index is 0.454. The van der Waals surface area contributed by atoms with Gasteiger partial charge in [-0.05, 0) is 23.6 Å². The van der Waals surface area contributed by atoms with Crippen LogP contribution >= 0.6 is 0 Å². The topological polar surface area (TPSA) is 51.8 Å². The molecule has 2 aromatic carbocycles. The number of anilines is 1. The molecule has 0 bridgehead atoms. The Kier molecular flexibility index (Phi) is 3.42. The maximum absolute atomic E-state index is 5.79. The molecule has 0 unspecified atom stereocenters. The maximum atomic E-state index is 5.79. The molecule has 0 aliphatic heterocycles. The Hall–Kier alpha value is -2.68. The van der Waals surface area contributed by atoms with Crippen molar-refractivity contribution in [3.8, 4) is 11.3 Å². The fraction of sp³-hybridized carbons (Fsp3) is 0.0588. The lowest BCUT2D eigenvalue weighted by atomic mass is 10.00. The zero-order chi connectivity index (χ0) is 13.8. The van der Waals surface area contributed by atoms with Crippen molar-refractivity contribution in [3.05, 3.63) is 77.9 Å². The summed E-state index contributed by atoms with van der Waals surface area (Å²) in [5.41, 5.74) is 10.1. The second kappa shape index (κ2) is 5.53. The molecule has 0 amide bonds. The summed E-state index contributed by atoms with van der Waals surface area (Å²) in [5, 5.41) is 8.26. The summed E-state index contributed by atoms with van der Waals surface area (Å²) in [4.78, 5) is 0. The van der Waals surface area contributed by atoms with E-state index >= 15 is 0 Å². The summed E-state index contributed by atoms with van der Waals surface area (Å²) < 4.78 is 0. The van der Waals surface area contributed by atoms with Gasteiger partial charge < -0.3 is 5.73 Å². The van der Waals surface area contributed by atoms with Crippen LogP contribution in [0.2, 0.25) is 0 Å². The summed E-state index contributed by atoms with van der Waals surface area (Å²) in [5.74, 6) is 0.454. The second-order valence-corrected chi connectivity index (χ2v) is 4.67. The van der Waals surface area contributed by atoms with Crippen molar-refractivity contribution in [1.82, 2.24) is 10.2 Å². The quantitative estimate of drug-likeness (QED) is 0.787. The number of hydrogen-bond donors (Lipinski definition) is 1. The molecule has 0 saturated heterocycles. The van der Waals surface area contributed by atoms with E-state index < -0.39 is 0 Å². The summed E-state index contributed by atoms with van der Waals surface area (Å²) >= 11 is 0. The van der Waals surface area contributed by atoms with E-state index in [1.54, 1.807) is 0 Å². The molecule has 3 aromatic rings. The first kappa shape index (κ1) is 12.4. The number of nitrogens with zero attached hydrogens (tertiary/aromatic N) is 2. The molecule has 0 fully saturated rings. The van der Waals surface area contributed by atoms with Gasteiger partial charge in [-0.1, -0.05) is 60.7 Å². The van der Waals surface area contributed by atoms with Crippen molar-refractivity contribution in [2.45, 2.75) is 6.42 Å². The molecule has 3 heteroatoms. The van der Waals surface area contributed by atoms with E-state index in [1.165, 1.54) is 5.56 Å². The maximum Gasteiger partial charge on any atom is 0.146 e. The van der Waals surface area contributed by atoms with Crippen molar-refractivity contribution in [3.63, 3.8) is 0 Å². The van der Waals surface area contributed by atoms with Gasteiger partial charge in [-0.15, -0.1) is 10.2 Å². The smallest absolute Gasteiger partial charge is 0.146 e. The first-order valence-electron chi connectivity index (χ1n) is 6.54. The standard InChI is InChI=1S/C17H15N3/c18-16-12-15(11-13-7-3-1-4-8-13)17(20-19-16)14-9-5-2-6-10-14/h1-10,12H,11H2,(H2,18,19). The average Bonchev–Trinajstić information content (AvgIpc) is 2.49. The molecule has 0 aliphatic carbocycles. The van der Waals surface area contributed by atoms with Crippen molar-refractivity contribution in [1.29, 1.82) is 0 Å². The van der Waals surface area contributed by atoms with Crippen molar-refractivity contribution in [2.24, 2.45) is 0 Å². The summed E-state index contributed by atoms with van der Waals surface area (Å²) in [6.07, 6.45) is 0.796. The van der Waals surface area contributed by atoms with Gasteiger partial charge in [0.15, 0.2) is 0 Å². The fourth-order valence-corrected chi connectivity index (χ4v) is 2.24. The van der Waals surface area contributed by atoms with E-state index in [0.29, 0.717) is 5.82 Å². The Labute approximate surface area is 118 Å². The fourth-order valence-electron chi connectivity index (χ4n) is 2.24. The molecule has 1 heterocycles. The summed E-state index contributed by atoms with van der Waals surface area (Å²) in [6, 6.07) is 22.3. The Bertz CT molecular complexity index is 694. The monoisotopic (exact) mass is 261 g/mol. The van der Waals surface area contributed by atoms with Crippen molar-refractivity contribution >= 4 is 5.82 Å². The van der Waals surface area contributed by atoms with Crippen LogP contribution in [0.3, 0.4) is 0 Å². The molecular weight excluding hydrogens is 246 g/mol. The molecule has 0 saturated carbocycles. The highest BCUT2D eigenvalue weighted by Crippen LogP contribution is 2.23. The highest BCUT2D eigenvalue weighted by molar-refractivity contribution is 5.64. The van der Waals surface area contributed by atoms with Crippen LogP contribution in [0.4, 0.5) is 5.82 Å². The predicted octanol–water partition coefficient (Wildman–Crippen LogP) is 3.32. The van der Waals surface area contributed by atoms with Crippen LogP contribution in [0, 0.1) is 0 Å². The first-order valence-corrected chi connectivity index (χ1v) is 6.54. The molecule has 0 spiro atoms. The summed E-state index contributed by atoms with van der Waals surface area (Å²) in [7, 11) is 0. The molecule has 0 atom stereocenters. The molecule has 20 heavy (non-hydrogen) atoms. The van der Waals surface area contributed by atoms with E-state index in [9.17, 15) is 0 Å². The Morgan fingerprint density at radius 3 is 2.15 bits per heavy atom. The lowest BCUT2D eigenvalue weighted by Gasteiger charge is -2.09. The lowest BCUT2D eigenvalue weighted by molar-refractivity contribution is 1.01. The van der Waals surface area contributed by atoms with E-state index in [0.717, 1.165) is 23.2 Å². The van der Waals surface area contributed by atoms with Crippen LogP contribution in [0.1, 0.15) is 11.1 Å². The van der Waals surface area contributed by atoms with Gasteiger partial charge in [0.05, 0.1) is 5.69 Å². The van der Waals surface area contributed by atoms with Crippen LogP contribution in [0.25, 0.3) is 11.3 Å². The van der Waals surface area contributed by atoms with Gasteiger partial charge in [0.1, 0.15) is 5.82 Å². The molecular formula is C17H15N3. The minimum Gasteiger partial charge on any atom is -0.382 e. The number of nitrogen functional groups attached to an aromatic ring is 1. The van der Waals surface area contributed by atoms with Gasteiger partial charge in [0.25, 0.3) is 0 Å². The SMILES string of the molecule is Nc1cc(Cc2ccccc2)c(-c2ccccc2)nn1. The largest absolute Gasteiger partial charge is 0.382 e. The molecule has 98 valence electrons. The normalized spacial score (nSPS) is 10.4. The van der Waals surface area contributed by atoms with E-state index in [2.05, 4.69) is 22.3 Å². The average molecular weight is 261 g/mol. The molecule has 3 rings (SSSR count). The Morgan fingerprint density at radius 1 is 0.800 bits per heavy atom. The predicted molar refractivity (Wildman–Crippen MR) is 81.1 cm³/mol. The first-order chi connectivity index (χ1) is 9.83. The minimum absolute atomic E-state index is 0.454. The number of aromatic nitrogens is 2. The third-order valence-corrected chi connectivity index (χ3v) is 3.18. The summed E-state index contributed by atoms with van der Waals surface area (Å²) in [6.45, 7) is 0. The molecule has 0 aliphatic rings. The van der Waals surface area contributed by atoms with Gasteiger partial charge in [-0.25, -0.2) is 0 Å². The van der Waals surface area contributed by atoms with E-state index in [1.807, 2.05) is 54.6 Å². The number of hydrogen-bond acceptors (Lipinski definition) is 3. The Balaban J connectivity index is 2.03. The van der Waals surface area contributed by atoms with Crippen LogP contribution in [0.5, 0.6) is 0 Å². The van der Waals surface area contributed by atoms with Crippen LogP contribution in [-0.2, 0) is 6.42 Å². The van der Waals surface area contributed by atoms with Gasteiger partial charge in [0, 0.05) is 5.56 Å². The zero-order valence-electron chi connectivity index (χ0n) is 11.0. The molecule has 0 radical (unpaired) electrons. The zero-order valence-corrected chi connectivity index (χ0v) is 11.0. The molecule has 3 nitrogen and oxygen atoms in total. The second-order valence-electron chi connectivity index (χ2n) is 4.67. The highest BCUT2D eigenvalue weighted by atomic mass is 15.1. The number of nitrogens with two attached hydrogens (primary N) is 1. The van der Waals surface area contributed by atoms with Gasteiger partial charge in [0.2, 0.25) is 0 Å². The van der Waals surface area contributed by atoms with Gasteiger partial charge in [-0.2, -0.15) is 0 Å². The Morgan fingerprint density at radius 2 is 1.45 bits per heavy atom. The molecule has 2 N–H and O–H groups in total. The van der Waals surface area contributed by atoms with Crippen LogP contribution in [0.15, 0.2) is 66.7 Å². The third kappa shape index (κ3) is 2.67. The van der Waals surface area contributed by atoms with Gasteiger partial charge in [-0.3, -0.25) is 0 Å². The highest BCUT2D eigenvalue weighted by Gasteiger charge is 2.09. The van der Waals surface area contributed by atoms with Crippen LogP contribution in [-0.4, -0.2) is 10.2 Å². The van der Waals surface area contributed by atoms with Crippen LogP contribution < -0.4 is 5.73 Å². The van der Waals surface area contributed by atoms with Crippen molar-refractivity contribution < 1.29 is 0 Å². The number of rotatable bonds is 3. The number of benzene rings is 2. The third-order valence-electron chi connectivity index (χ3n) is 3.18. The van der Waals surface area contributed by atoms with E-state index in [4.69, 9.17) is 5.73 Å². The van der Waals surface area contributed by atoms with Crippen molar-refractivity contribution in [2.75, 3.05) is 5.73 Å².